The predicted molar refractivity (Wildman–Crippen MR) is 74.0 cm³/mol. The molecule has 0 aliphatic heterocycles. The molecule has 0 N–H and O–H groups in total. The molecule has 1 aliphatic rings. The maximum atomic E-state index is 13.1. The molecule has 0 spiro atoms. The maximum Gasteiger partial charge on any atom is 0.159 e. The molecule has 1 saturated carbocycles. The average molecular weight is 317 g/mol. The number of hydrogen-bond donors (Lipinski definition) is 0. The van der Waals surface area contributed by atoms with Gasteiger partial charge in [0.25, 0.3) is 0 Å². The van der Waals surface area contributed by atoms with Crippen LogP contribution in [0.4, 0.5) is 8.78 Å². The van der Waals surface area contributed by atoms with Gasteiger partial charge in [-0.2, -0.15) is 0 Å². The van der Waals surface area contributed by atoms with E-state index in [9.17, 15) is 8.78 Å². The Morgan fingerprint density at radius 3 is 2.50 bits per heavy atom. The SMILES string of the molecule is Fc1ccc(CC(Br)CC2CCCCC2)cc1F. The molecule has 2 rings (SSSR count). The highest BCUT2D eigenvalue weighted by Gasteiger charge is 2.17. The largest absolute Gasteiger partial charge is 0.204 e. The van der Waals surface area contributed by atoms with Crippen molar-refractivity contribution in [1.29, 1.82) is 0 Å². The molecule has 1 aliphatic carbocycles. The molecule has 1 unspecified atom stereocenters. The molecule has 18 heavy (non-hydrogen) atoms. The molecule has 1 fully saturated rings. The van der Waals surface area contributed by atoms with Crippen molar-refractivity contribution in [2.45, 2.75) is 49.8 Å². The number of hydrogen-bond acceptors (Lipinski definition) is 0. The summed E-state index contributed by atoms with van der Waals surface area (Å²) in [5.41, 5.74) is 0.867. The van der Waals surface area contributed by atoms with Crippen molar-refractivity contribution in [3.05, 3.63) is 35.4 Å². The minimum atomic E-state index is -0.767. The molecule has 1 aromatic carbocycles. The second-order valence-electron chi connectivity index (χ2n) is 5.29. The third-order valence-electron chi connectivity index (χ3n) is 3.76. The molecule has 3 heteroatoms. The van der Waals surface area contributed by atoms with E-state index in [-0.39, 0.29) is 0 Å². The zero-order chi connectivity index (χ0) is 13.0. The summed E-state index contributed by atoms with van der Waals surface area (Å²) in [4.78, 5) is 0.366. The van der Waals surface area contributed by atoms with E-state index in [1.807, 2.05) is 0 Å². The predicted octanol–water partition coefficient (Wildman–Crippen LogP) is 5.24. The minimum Gasteiger partial charge on any atom is -0.204 e. The summed E-state index contributed by atoms with van der Waals surface area (Å²) in [6.07, 6.45) is 8.60. The third kappa shape index (κ3) is 4.04. The molecule has 0 heterocycles. The first kappa shape index (κ1) is 14.0. The molecule has 0 amide bonds. The lowest BCUT2D eigenvalue weighted by Gasteiger charge is -2.23. The van der Waals surface area contributed by atoms with Crippen molar-refractivity contribution in [2.24, 2.45) is 5.92 Å². The van der Waals surface area contributed by atoms with Gasteiger partial charge in [-0.05, 0) is 36.5 Å². The second kappa shape index (κ2) is 6.65. The number of benzene rings is 1. The van der Waals surface area contributed by atoms with Gasteiger partial charge in [0.1, 0.15) is 0 Å². The van der Waals surface area contributed by atoms with E-state index in [0.29, 0.717) is 4.83 Å². The van der Waals surface area contributed by atoms with E-state index >= 15 is 0 Å². The van der Waals surface area contributed by atoms with E-state index in [1.54, 1.807) is 6.07 Å². The van der Waals surface area contributed by atoms with Crippen molar-refractivity contribution < 1.29 is 8.78 Å². The lowest BCUT2D eigenvalue weighted by Crippen LogP contribution is -2.14. The van der Waals surface area contributed by atoms with Crippen LogP contribution in [0, 0.1) is 17.6 Å². The molecule has 1 atom stereocenters. The van der Waals surface area contributed by atoms with E-state index in [2.05, 4.69) is 15.9 Å². The Labute approximate surface area is 116 Å². The molecular formula is C15H19BrF2. The zero-order valence-corrected chi connectivity index (χ0v) is 12.1. The van der Waals surface area contributed by atoms with Gasteiger partial charge < -0.3 is 0 Å². The summed E-state index contributed by atoms with van der Waals surface area (Å²) >= 11 is 3.68. The fourth-order valence-electron chi connectivity index (χ4n) is 2.79. The minimum absolute atomic E-state index is 0.366. The highest BCUT2D eigenvalue weighted by molar-refractivity contribution is 9.09. The van der Waals surface area contributed by atoms with Crippen LogP contribution < -0.4 is 0 Å². The van der Waals surface area contributed by atoms with Crippen molar-refractivity contribution in [2.75, 3.05) is 0 Å². The van der Waals surface area contributed by atoms with Crippen LogP contribution >= 0.6 is 15.9 Å². The Morgan fingerprint density at radius 2 is 1.83 bits per heavy atom. The van der Waals surface area contributed by atoms with Gasteiger partial charge in [0.15, 0.2) is 11.6 Å². The van der Waals surface area contributed by atoms with Crippen LogP contribution in [0.15, 0.2) is 18.2 Å². The monoisotopic (exact) mass is 316 g/mol. The van der Waals surface area contributed by atoms with E-state index in [4.69, 9.17) is 0 Å². The Hall–Kier alpha value is -0.440. The van der Waals surface area contributed by atoms with Gasteiger partial charge in [0, 0.05) is 4.83 Å². The Morgan fingerprint density at radius 1 is 1.11 bits per heavy atom. The Balaban J connectivity index is 1.85. The van der Waals surface area contributed by atoms with Gasteiger partial charge in [0.05, 0.1) is 0 Å². The van der Waals surface area contributed by atoms with Crippen LogP contribution in [0.5, 0.6) is 0 Å². The number of halogens is 3. The van der Waals surface area contributed by atoms with Crippen LogP contribution in [0.3, 0.4) is 0 Å². The lowest BCUT2D eigenvalue weighted by molar-refractivity contribution is 0.337. The highest BCUT2D eigenvalue weighted by atomic mass is 79.9. The fraction of sp³-hybridized carbons (Fsp3) is 0.600. The molecular weight excluding hydrogens is 298 g/mol. The van der Waals surface area contributed by atoms with Gasteiger partial charge in [-0.3, -0.25) is 0 Å². The van der Waals surface area contributed by atoms with Gasteiger partial charge >= 0.3 is 0 Å². The average Bonchev–Trinajstić information content (AvgIpc) is 2.35. The van der Waals surface area contributed by atoms with Crippen LogP contribution in [0.2, 0.25) is 0 Å². The highest BCUT2D eigenvalue weighted by Crippen LogP contribution is 2.30. The molecule has 100 valence electrons. The van der Waals surface area contributed by atoms with Crippen molar-refractivity contribution in [1.82, 2.24) is 0 Å². The smallest absolute Gasteiger partial charge is 0.159 e. The first-order valence-corrected chi connectivity index (χ1v) is 7.64. The van der Waals surface area contributed by atoms with E-state index < -0.39 is 11.6 Å². The van der Waals surface area contributed by atoms with E-state index in [1.165, 1.54) is 44.2 Å². The van der Waals surface area contributed by atoms with E-state index in [0.717, 1.165) is 24.3 Å². The lowest BCUT2D eigenvalue weighted by atomic mass is 9.85. The molecule has 0 radical (unpaired) electrons. The van der Waals surface area contributed by atoms with Gasteiger partial charge in [-0.15, -0.1) is 0 Å². The second-order valence-corrected chi connectivity index (χ2v) is 6.58. The van der Waals surface area contributed by atoms with Crippen molar-refractivity contribution in [3.63, 3.8) is 0 Å². The third-order valence-corrected chi connectivity index (χ3v) is 4.45. The van der Waals surface area contributed by atoms with Gasteiger partial charge in [-0.1, -0.05) is 54.1 Å². The van der Waals surface area contributed by atoms with Crippen molar-refractivity contribution >= 4 is 15.9 Å². The number of rotatable bonds is 4. The first-order valence-electron chi connectivity index (χ1n) is 6.73. The summed E-state index contributed by atoms with van der Waals surface area (Å²) in [6, 6.07) is 4.20. The van der Waals surface area contributed by atoms with Gasteiger partial charge in [0.2, 0.25) is 0 Å². The number of alkyl halides is 1. The molecule has 0 bridgehead atoms. The molecule has 0 saturated heterocycles. The fourth-order valence-corrected chi connectivity index (χ4v) is 3.69. The van der Waals surface area contributed by atoms with Crippen LogP contribution in [0.1, 0.15) is 44.1 Å². The van der Waals surface area contributed by atoms with Crippen molar-refractivity contribution in [3.8, 4) is 0 Å². The summed E-state index contributed by atoms with van der Waals surface area (Å²) in [6.45, 7) is 0. The first-order chi connectivity index (χ1) is 8.65. The Bertz CT molecular complexity index is 386. The normalized spacial score (nSPS) is 18.8. The Kier molecular flexibility index (Phi) is 5.16. The molecule has 0 nitrogen and oxygen atoms in total. The standard InChI is InChI=1S/C15H19BrF2/c16-13(8-11-4-2-1-3-5-11)9-12-6-7-14(17)15(18)10-12/h6-7,10-11,13H,1-5,8-9H2. The van der Waals surface area contributed by atoms with Crippen LogP contribution in [-0.2, 0) is 6.42 Å². The summed E-state index contributed by atoms with van der Waals surface area (Å²) in [7, 11) is 0. The quantitative estimate of drug-likeness (QED) is 0.666. The molecule has 1 aromatic rings. The summed E-state index contributed by atoms with van der Waals surface area (Å²) in [5, 5.41) is 0. The summed E-state index contributed by atoms with van der Waals surface area (Å²) < 4.78 is 25.9. The maximum absolute atomic E-state index is 13.1. The zero-order valence-electron chi connectivity index (χ0n) is 10.5. The van der Waals surface area contributed by atoms with Gasteiger partial charge in [-0.25, -0.2) is 8.78 Å². The van der Waals surface area contributed by atoms with Crippen LogP contribution in [-0.4, -0.2) is 4.83 Å². The topological polar surface area (TPSA) is 0 Å². The molecule has 0 aromatic heterocycles. The van der Waals surface area contributed by atoms with Crippen LogP contribution in [0.25, 0.3) is 0 Å². The summed E-state index contributed by atoms with van der Waals surface area (Å²) in [5.74, 6) is -0.713.